The Morgan fingerprint density at radius 2 is 1.95 bits per heavy atom. The number of anilines is 1. The van der Waals surface area contributed by atoms with Gasteiger partial charge in [-0.15, -0.1) is 12.4 Å². The van der Waals surface area contributed by atoms with Crippen LogP contribution >= 0.6 is 12.4 Å². The molecule has 1 saturated heterocycles. The molecule has 2 heterocycles. The molecule has 7 heteroatoms. The van der Waals surface area contributed by atoms with Gasteiger partial charge in [0.1, 0.15) is 5.82 Å². The van der Waals surface area contributed by atoms with Crippen molar-refractivity contribution in [3.63, 3.8) is 0 Å². The van der Waals surface area contributed by atoms with Crippen LogP contribution in [0.15, 0.2) is 18.2 Å². The summed E-state index contributed by atoms with van der Waals surface area (Å²) < 4.78 is 38.6. The lowest BCUT2D eigenvalue weighted by Gasteiger charge is -2.34. The monoisotopic (exact) mass is 320 g/mol. The molecule has 20 heavy (non-hydrogen) atoms. The van der Waals surface area contributed by atoms with Gasteiger partial charge in [-0.3, -0.25) is 4.31 Å². The van der Waals surface area contributed by atoms with E-state index in [9.17, 15) is 12.8 Å². The van der Waals surface area contributed by atoms with Crippen molar-refractivity contribution in [1.82, 2.24) is 5.32 Å². The number of nitrogens with zero attached hydrogens (tertiary/aromatic N) is 1. The molecular weight excluding hydrogens is 303 g/mol. The van der Waals surface area contributed by atoms with Crippen LogP contribution in [0, 0.1) is 5.82 Å². The van der Waals surface area contributed by atoms with Crippen LogP contribution in [0.4, 0.5) is 10.1 Å². The Labute approximate surface area is 124 Å². The summed E-state index contributed by atoms with van der Waals surface area (Å²) in [5, 5.41) is 3.29. The van der Waals surface area contributed by atoms with Crippen LogP contribution in [0.2, 0.25) is 0 Å². The van der Waals surface area contributed by atoms with Gasteiger partial charge < -0.3 is 5.32 Å². The van der Waals surface area contributed by atoms with E-state index >= 15 is 0 Å². The highest BCUT2D eigenvalue weighted by Crippen LogP contribution is 2.47. The molecule has 0 radical (unpaired) electrons. The zero-order valence-electron chi connectivity index (χ0n) is 11.2. The molecule has 0 saturated carbocycles. The van der Waals surface area contributed by atoms with Crippen molar-refractivity contribution in [2.75, 3.05) is 30.2 Å². The topological polar surface area (TPSA) is 49.4 Å². The standard InChI is InChI=1S/C13H17FN2O2S.ClH/c1-19(17,18)16-9-13(4-6-15-7-5-13)11-3-2-10(14)8-12(11)16;/h2-3,8,15H,4-7,9H2,1H3;1H. The minimum absolute atomic E-state index is 0. The van der Waals surface area contributed by atoms with Gasteiger partial charge in [-0.05, 0) is 43.6 Å². The van der Waals surface area contributed by atoms with E-state index < -0.39 is 15.8 Å². The number of benzene rings is 1. The maximum Gasteiger partial charge on any atom is 0.232 e. The van der Waals surface area contributed by atoms with Crippen LogP contribution in [0.1, 0.15) is 18.4 Å². The molecule has 0 amide bonds. The van der Waals surface area contributed by atoms with E-state index in [1.807, 2.05) is 0 Å². The zero-order valence-corrected chi connectivity index (χ0v) is 12.9. The Bertz CT molecular complexity index is 615. The van der Waals surface area contributed by atoms with E-state index in [1.54, 1.807) is 6.07 Å². The molecule has 0 atom stereocenters. The molecule has 0 aliphatic carbocycles. The molecule has 0 unspecified atom stereocenters. The minimum atomic E-state index is -3.36. The summed E-state index contributed by atoms with van der Waals surface area (Å²) in [6.07, 6.45) is 2.96. The third kappa shape index (κ3) is 2.40. The molecular formula is C13H18ClFN2O2S. The first kappa shape index (κ1) is 15.5. The van der Waals surface area contributed by atoms with Gasteiger partial charge in [0.05, 0.1) is 11.9 Å². The SMILES string of the molecule is CS(=O)(=O)N1CC2(CCNCC2)c2ccc(F)cc21.Cl. The van der Waals surface area contributed by atoms with Crippen LogP contribution in [0.25, 0.3) is 0 Å². The quantitative estimate of drug-likeness (QED) is 0.856. The van der Waals surface area contributed by atoms with Gasteiger partial charge >= 0.3 is 0 Å². The Balaban J connectivity index is 0.00000147. The van der Waals surface area contributed by atoms with E-state index in [0.717, 1.165) is 31.5 Å². The van der Waals surface area contributed by atoms with Crippen molar-refractivity contribution in [2.24, 2.45) is 0 Å². The lowest BCUT2D eigenvalue weighted by Crippen LogP contribution is -2.44. The molecule has 1 fully saturated rings. The van der Waals surface area contributed by atoms with Crippen molar-refractivity contribution in [3.8, 4) is 0 Å². The normalized spacial score (nSPS) is 20.6. The summed E-state index contributed by atoms with van der Waals surface area (Å²) in [6, 6.07) is 4.52. The number of nitrogens with one attached hydrogen (secondary N) is 1. The summed E-state index contributed by atoms with van der Waals surface area (Å²) in [4.78, 5) is 0. The Morgan fingerprint density at radius 1 is 1.30 bits per heavy atom. The van der Waals surface area contributed by atoms with Gasteiger partial charge in [0.25, 0.3) is 0 Å². The molecule has 2 aliphatic heterocycles. The number of rotatable bonds is 1. The van der Waals surface area contributed by atoms with Gasteiger partial charge in [0, 0.05) is 12.0 Å². The first-order chi connectivity index (χ1) is 8.92. The number of hydrogen-bond donors (Lipinski definition) is 1. The second-order valence-electron chi connectivity index (χ2n) is 5.46. The van der Waals surface area contributed by atoms with E-state index in [1.165, 1.54) is 22.7 Å². The van der Waals surface area contributed by atoms with Gasteiger partial charge in [-0.1, -0.05) is 6.07 Å². The van der Waals surface area contributed by atoms with Crippen molar-refractivity contribution in [2.45, 2.75) is 18.3 Å². The fourth-order valence-corrected chi connectivity index (χ4v) is 4.22. The lowest BCUT2D eigenvalue weighted by atomic mass is 9.75. The van der Waals surface area contributed by atoms with Gasteiger partial charge in [0.15, 0.2) is 0 Å². The fourth-order valence-electron chi connectivity index (χ4n) is 3.23. The number of sulfonamides is 1. The molecule has 1 spiro atoms. The molecule has 2 aliphatic rings. The number of fused-ring (bicyclic) bond motifs is 2. The summed E-state index contributed by atoms with van der Waals surface area (Å²) in [5.41, 5.74) is 1.34. The molecule has 3 rings (SSSR count). The van der Waals surface area contributed by atoms with Gasteiger partial charge in [0.2, 0.25) is 10.0 Å². The predicted molar refractivity (Wildman–Crippen MR) is 79.6 cm³/mol. The molecule has 4 nitrogen and oxygen atoms in total. The maximum absolute atomic E-state index is 13.4. The summed E-state index contributed by atoms with van der Waals surface area (Å²) in [5.74, 6) is -0.390. The lowest BCUT2D eigenvalue weighted by molar-refractivity contribution is 0.330. The van der Waals surface area contributed by atoms with Crippen LogP contribution in [-0.4, -0.2) is 34.3 Å². The Morgan fingerprint density at radius 3 is 2.55 bits per heavy atom. The van der Waals surface area contributed by atoms with Crippen LogP contribution < -0.4 is 9.62 Å². The van der Waals surface area contributed by atoms with Crippen molar-refractivity contribution in [1.29, 1.82) is 0 Å². The molecule has 1 N–H and O–H groups in total. The van der Waals surface area contributed by atoms with Gasteiger partial charge in [-0.2, -0.15) is 0 Å². The van der Waals surface area contributed by atoms with Crippen molar-refractivity contribution < 1.29 is 12.8 Å². The first-order valence-corrected chi connectivity index (χ1v) is 8.26. The predicted octanol–water partition coefficient (Wildman–Crippen LogP) is 1.65. The average Bonchev–Trinajstić information content (AvgIpc) is 2.64. The molecule has 1 aromatic carbocycles. The first-order valence-electron chi connectivity index (χ1n) is 6.41. The average molecular weight is 321 g/mol. The fraction of sp³-hybridized carbons (Fsp3) is 0.538. The van der Waals surface area contributed by atoms with Crippen LogP contribution in [0.5, 0.6) is 0 Å². The second-order valence-corrected chi connectivity index (χ2v) is 7.37. The summed E-state index contributed by atoms with van der Waals surface area (Å²) >= 11 is 0. The highest BCUT2D eigenvalue weighted by atomic mass is 35.5. The largest absolute Gasteiger partial charge is 0.317 e. The Hall–Kier alpha value is -0.850. The van der Waals surface area contributed by atoms with E-state index in [4.69, 9.17) is 0 Å². The van der Waals surface area contributed by atoms with Gasteiger partial charge in [-0.25, -0.2) is 12.8 Å². The van der Waals surface area contributed by atoms with Crippen LogP contribution in [-0.2, 0) is 15.4 Å². The summed E-state index contributed by atoms with van der Waals surface area (Å²) in [6.45, 7) is 2.18. The third-order valence-corrected chi connectivity index (χ3v) is 5.33. The number of hydrogen-bond acceptors (Lipinski definition) is 3. The molecule has 112 valence electrons. The molecule has 1 aromatic rings. The van der Waals surface area contributed by atoms with Crippen molar-refractivity contribution in [3.05, 3.63) is 29.6 Å². The highest BCUT2D eigenvalue weighted by Gasteiger charge is 2.45. The second kappa shape index (κ2) is 5.16. The molecule has 0 bridgehead atoms. The Kier molecular flexibility index (Phi) is 4.01. The van der Waals surface area contributed by atoms with Crippen molar-refractivity contribution >= 4 is 28.1 Å². The smallest absolute Gasteiger partial charge is 0.232 e. The highest BCUT2D eigenvalue weighted by molar-refractivity contribution is 7.92. The summed E-state index contributed by atoms with van der Waals surface area (Å²) in [7, 11) is -3.36. The number of piperidine rings is 1. The number of halogens is 2. The van der Waals surface area contributed by atoms with E-state index in [-0.39, 0.29) is 17.8 Å². The van der Waals surface area contributed by atoms with E-state index in [2.05, 4.69) is 5.32 Å². The maximum atomic E-state index is 13.4. The molecule has 0 aromatic heterocycles. The third-order valence-electron chi connectivity index (χ3n) is 4.21. The van der Waals surface area contributed by atoms with Crippen LogP contribution in [0.3, 0.4) is 0 Å². The minimum Gasteiger partial charge on any atom is -0.317 e. The van der Waals surface area contributed by atoms with E-state index in [0.29, 0.717) is 12.2 Å². The zero-order chi connectivity index (χ0) is 13.7.